The van der Waals surface area contributed by atoms with Gasteiger partial charge in [0.25, 0.3) is 0 Å². The monoisotopic (exact) mass is 169 g/mol. The fourth-order valence-corrected chi connectivity index (χ4v) is 1.65. The Morgan fingerprint density at radius 1 is 1.17 bits per heavy atom. The summed E-state index contributed by atoms with van der Waals surface area (Å²) in [6.45, 7) is 13.4. The third-order valence-corrected chi connectivity index (χ3v) is 2.94. The van der Waals surface area contributed by atoms with Gasteiger partial charge in [0.1, 0.15) is 0 Å². The third-order valence-electron chi connectivity index (χ3n) is 2.94. The van der Waals surface area contributed by atoms with E-state index < -0.39 is 0 Å². The molecular weight excluding hydrogens is 144 g/mol. The van der Waals surface area contributed by atoms with Crippen LogP contribution < -0.4 is 0 Å². The molecule has 0 N–H and O–H groups in total. The molecule has 0 aliphatic carbocycles. The molecule has 0 heterocycles. The van der Waals surface area contributed by atoms with Gasteiger partial charge in [-0.3, -0.25) is 0 Å². The van der Waals surface area contributed by atoms with Gasteiger partial charge in [0.05, 0.1) is 0 Å². The summed E-state index contributed by atoms with van der Waals surface area (Å²) in [4.78, 5) is 0. The van der Waals surface area contributed by atoms with Gasteiger partial charge in [-0.2, -0.15) is 0 Å². The zero-order chi connectivity index (χ0) is 9.56. The summed E-state index contributed by atoms with van der Waals surface area (Å²) in [6, 6.07) is 0. The van der Waals surface area contributed by atoms with E-state index in [0.717, 1.165) is 11.8 Å². The average Bonchev–Trinajstić information content (AvgIpc) is 2.04. The summed E-state index contributed by atoms with van der Waals surface area (Å²) in [5.41, 5.74) is 0. The standard InChI is InChI=1S/C12H25/c1-6-8-11(4)12(5)9-10(3)7-2/h10-12H,4,6-9H2,1-3,5H3. The second-order valence-corrected chi connectivity index (χ2v) is 4.28. The van der Waals surface area contributed by atoms with Crippen molar-refractivity contribution in [2.75, 3.05) is 0 Å². The minimum absolute atomic E-state index is 0.670. The van der Waals surface area contributed by atoms with Crippen LogP contribution in [-0.4, -0.2) is 0 Å². The summed E-state index contributed by atoms with van der Waals surface area (Å²) in [6.07, 6.45) is 5.23. The predicted octanol–water partition coefficient (Wildman–Crippen LogP) is 4.31. The molecule has 0 fully saturated rings. The Kier molecular flexibility index (Phi) is 6.51. The molecule has 1 radical (unpaired) electrons. The van der Waals surface area contributed by atoms with E-state index in [9.17, 15) is 0 Å². The zero-order valence-corrected chi connectivity index (χ0v) is 9.27. The highest BCUT2D eigenvalue weighted by Gasteiger charge is 2.13. The van der Waals surface area contributed by atoms with Gasteiger partial charge >= 0.3 is 0 Å². The second-order valence-electron chi connectivity index (χ2n) is 4.28. The summed E-state index contributed by atoms with van der Waals surface area (Å²) in [7, 11) is 0. The van der Waals surface area contributed by atoms with Gasteiger partial charge in [0, 0.05) is 0 Å². The first kappa shape index (κ1) is 12.0. The van der Waals surface area contributed by atoms with Crippen molar-refractivity contribution in [3.63, 3.8) is 0 Å². The molecule has 0 bridgehead atoms. The highest BCUT2D eigenvalue weighted by atomic mass is 14.2. The summed E-state index contributed by atoms with van der Waals surface area (Å²) in [5, 5.41) is 0. The lowest BCUT2D eigenvalue weighted by molar-refractivity contribution is 0.317. The van der Waals surface area contributed by atoms with Crippen molar-refractivity contribution < 1.29 is 0 Å². The molecule has 0 aliphatic heterocycles. The Morgan fingerprint density at radius 3 is 2.17 bits per heavy atom. The van der Waals surface area contributed by atoms with Crippen molar-refractivity contribution in [1.29, 1.82) is 0 Å². The molecule has 3 unspecified atom stereocenters. The molecule has 3 atom stereocenters. The Morgan fingerprint density at radius 2 is 1.75 bits per heavy atom. The van der Waals surface area contributed by atoms with Crippen LogP contribution in [0.3, 0.4) is 0 Å². The van der Waals surface area contributed by atoms with Gasteiger partial charge in [-0.25, -0.2) is 0 Å². The number of rotatable bonds is 6. The SMILES string of the molecule is [CH2]C(CCC)C(C)CC(C)CC. The molecule has 0 spiro atoms. The first-order chi connectivity index (χ1) is 5.61. The van der Waals surface area contributed by atoms with E-state index in [-0.39, 0.29) is 0 Å². The highest BCUT2D eigenvalue weighted by Crippen LogP contribution is 2.24. The van der Waals surface area contributed by atoms with Crippen molar-refractivity contribution >= 4 is 0 Å². The maximum Gasteiger partial charge on any atom is -0.0388 e. The molecule has 0 amide bonds. The predicted molar refractivity (Wildman–Crippen MR) is 57.0 cm³/mol. The highest BCUT2D eigenvalue weighted by molar-refractivity contribution is 4.69. The fraction of sp³-hybridized carbons (Fsp3) is 0.917. The van der Waals surface area contributed by atoms with E-state index in [1.807, 2.05) is 0 Å². The molecule has 0 saturated carbocycles. The smallest absolute Gasteiger partial charge is 0.0388 e. The van der Waals surface area contributed by atoms with Crippen molar-refractivity contribution in [3.8, 4) is 0 Å². The largest absolute Gasteiger partial charge is 0.0654 e. The van der Waals surface area contributed by atoms with Crippen LogP contribution in [0.25, 0.3) is 0 Å². The molecule has 0 nitrogen and oxygen atoms in total. The molecule has 0 rings (SSSR count). The maximum atomic E-state index is 4.22. The van der Waals surface area contributed by atoms with Crippen molar-refractivity contribution in [2.45, 2.75) is 53.4 Å². The van der Waals surface area contributed by atoms with E-state index in [4.69, 9.17) is 0 Å². The van der Waals surface area contributed by atoms with Gasteiger partial charge in [-0.05, 0) is 31.1 Å². The first-order valence-corrected chi connectivity index (χ1v) is 5.44. The second kappa shape index (κ2) is 6.51. The summed E-state index contributed by atoms with van der Waals surface area (Å²) in [5.74, 6) is 2.35. The maximum absolute atomic E-state index is 4.22. The van der Waals surface area contributed by atoms with Gasteiger partial charge in [-0.15, -0.1) is 0 Å². The summed E-state index contributed by atoms with van der Waals surface area (Å²) < 4.78 is 0. The van der Waals surface area contributed by atoms with E-state index in [0.29, 0.717) is 5.92 Å². The van der Waals surface area contributed by atoms with E-state index in [2.05, 4.69) is 34.6 Å². The van der Waals surface area contributed by atoms with Gasteiger partial charge in [-0.1, -0.05) is 47.0 Å². The molecule has 12 heavy (non-hydrogen) atoms. The molecule has 0 aliphatic rings. The normalized spacial score (nSPS) is 18.8. The molecule has 0 saturated heterocycles. The van der Waals surface area contributed by atoms with Crippen LogP contribution in [0.4, 0.5) is 0 Å². The van der Waals surface area contributed by atoms with Crippen molar-refractivity contribution in [3.05, 3.63) is 6.92 Å². The van der Waals surface area contributed by atoms with E-state index in [1.165, 1.54) is 25.7 Å². The van der Waals surface area contributed by atoms with Gasteiger partial charge in [0.2, 0.25) is 0 Å². The topological polar surface area (TPSA) is 0 Å². The van der Waals surface area contributed by atoms with Crippen LogP contribution in [0, 0.1) is 24.7 Å². The lowest BCUT2D eigenvalue weighted by Gasteiger charge is -2.21. The Labute approximate surface area is 78.8 Å². The van der Waals surface area contributed by atoms with Crippen LogP contribution in [0.5, 0.6) is 0 Å². The minimum Gasteiger partial charge on any atom is -0.0654 e. The Balaban J connectivity index is 3.62. The van der Waals surface area contributed by atoms with Crippen molar-refractivity contribution in [1.82, 2.24) is 0 Å². The molecular formula is C12H25. The number of hydrogen-bond donors (Lipinski definition) is 0. The number of hydrogen-bond acceptors (Lipinski definition) is 0. The molecule has 0 heteroatoms. The summed E-state index contributed by atoms with van der Waals surface area (Å²) >= 11 is 0. The molecule has 0 aromatic rings. The zero-order valence-electron chi connectivity index (χ0n) is 9.27. The lowest BCUT2D eigenvalue weighted by Crippen LogP contribution is -2.11. The Hall–Kier alpha value is 0. The minimum atomic E-state index is 0.670. The third kappa shape index (κ3) is 4.79. The van der Waals surface area contributed by atoms with Crippen LogP contribution >= 0.6 is 0 Å². The van der Waals surface area contributed by atoms with Gasteiger partial charge in [0.15, 0.2) is 0 Å². The molecule has 0 aromatic carbocycles. The fourth-order valence-electron chi connectivity index (χ4n) is 1.65. The molecule has 0 aromatic heterocycles. The van der Waals surface area contributed by atoms with Crippen LogP contribution in [-0.2, 0) is 0 Å². The quantitative estimate of drug-likeness (QED) is 0.556. The van der Waals surface area contributed by atoms with Gasteiger partial charge < -0.3 is 0 Å². The average molecular weight is 169 g/mol. The molecule has 73 valence electrons. The lowest BCUT2D eigenvalue weighted by atomic mass is 9.84. The van der Waals surface area contributed by atoms with Crippen LogP contribution in [0.15, 0.2) is 0 Å². The first-order valence-electron chi connectivity index (χ1n) is 5.44. The van der Waals surface area contributed by atoms with Crippen molar-refractivity contribution in [2.24, 2.45) is 17.8 Å². The van der Waals surface area contributed by atoms with E-state index in [1.54, 1.807) is 0 Å². The van der Waals surface area contributed by atoms with Crippen LogP contribution in [0.2, 0.25) is 0 Å². The van der Waals surface area contributed by atoms with E-state index >= 15 is 0 Å². The van der Waals surface area contributed by atoms with Crippen LogP contribution in [0.1, 0.15) is 53.4 Å². The Bertz CT molecular complexity index is 96.2.